The van der Waals surface area contributed by atoms with Gasteiger partial charge in [-0.05, 0) is 31.5 Å². The first-order valence-electron chi connectivity index (χ1n) is 6.42. The van der Waals surface area contributed by atoms with Gasteiger partial charge in [-0.2, -0.15) is 0 Å². The fourth-order valence-corrected chi connectivity index (χ4v) is 2.77. The lowest BCUT2D eigenvalue weighted by Crippen LogP contribution is -2.20. The Bertz CT molecular complexity index is 371. The lowest BCUT2D eigenvalue weighted by molar-refractivity contribution is -0.144. The zero-order chi connectivity index (χ0) is 13.5. The van der Waals surface area contributed by atoms with Gasteiger partial charge in [0.25, 0.3) is 0 Å². The molecule has 1 rings (SSSR count). The molecular weight excluding hydrogens is 243 g/mol. The van der Waals surface area contributed by atoms with Crippen molar-refractivity contribution in [1.29, 1.82) is 0 Å². The smallest absolute Gasteiger partial charge is 0.313 e. The van der Waals surface area contributed by atoms with Crippen molar-refractivity contribution in [3.63, 3.8) is 0 Å². The fourth-order valence-electron chi connectivity index (χ4n) is 1.74. The Morgan fingerprint density at radius 2 is 1.89 bits per heavy atom. The monoisotopic (exact) mass is 266 g/mol. The minimum Gasteiger partial charge on any atom is -0.460 e. The first-order valence-corrected chi connectivity index (χ1v) is 8.00. The molecule has 0 N–H and O–H groups in total. The first kappa shape index (κ1) is 15.2. The molecule has 0 aromatic heterocycles. The van der Waals surface area contributed by atoms with Gasteiger partial charge in [-0.3, -0.25) is 4.79 Å². The van der Waals surface area contributed by atoms with Gasteiger partial charge in [0, 0.05) is 0 Å². The molecule has 2 atom stereocenters. The van der Waals surface area contributed by atoms with Crippen LogP contribution in [0.4, 0.5) is 0 Å². The molecule has 1 aromatic rings. The van der Waals surface area contributed by atoms with E-state index < -0.39 is 0 Å². The van der Waals surface area contributed by atoms with Crippen molar-refractivity contribution in [3.05, 3.63) is 35.4 Å². The Hall–Kier alpha value is -0.880. The summed E-state index contributed by atoms with van der Waals surface area (Å²) in [6, 6.07) is 8.09. The van der Waals surface area contributed by atoms with Crippen molar-refractivity contribution in [2.24, 2.45) is 5.92 Å². The van der Waals surface area contributed by atoms with Gasteiger partial charge in [-0.15, -0.1) is 8.58 Å². The number of benzene rings is 1. The van der Waals surface area contributed by atoms with Crippen molar-refractivity contribution < 1.29 is 9.53 Å². The molecular formula is C15H23O2P. The van der Waals surface area contributed by atoms with Crippen molar-refractivity contribution in [2.45, 2.75) is 39.5 Å². The Kier molecular flexibility index (Phi) is 6.35. The zero-order valence-corrected chi connectivity index (χ0v) is 12.7. The average Bonchev–Trinajstić information content (AvgIpc) is 2.34. The number of hydrogen-bond acceptors (Lipinski definition) is 2. The predicted octanol–water partition coefficient (Wildman–Crippen LogP) is 3.76. The molecule has 0 bridgehead atoms. The summed E-state index contributed by atoms with van der Waals surface area (Å²) in [7, 11) is 0.613. The van der Waals surface area contributed by atoms with E-state index in [1.54, 1.807) is 0 Å². The molecule has 0 aliphatic carbocycles. The lowest BCUT2D eigenvalue weighted by Gasteiger charge is -2.16. The van der Waals surface area contributed by atoms with Crippen LogP contribution >= 0.6 is 8.58 Å². The molecule has 3 heteroatoms. The van der Waals surface area contributed by atoms with E-state index in [-0.39, 0.29) is 11.6 Å². The summed E-state index contributed by atoms with van der Waals surface area (Å²) in [6.45, 7) is 8.78. The van der Waals surface area contributed by atoms with Crippen molar-refractivity contribution in [1.82, 2.24) is 0 Å². The number of esters is 1. The molecule has 0 radical (unpaired) electrons. The normalized spacial score (nSPS) is 13.2. The molecule has 1 aromatic carbocycles. The summed E-state index contributed by atoms with van der Waals surface area (Å²) in [5.41, 5.74) is 2.34. The van der Waals surface area contributed by atoms with Gasteiger partial charge in [-0.1, -0.05) is 43.7 Å². The Labute approximate surface area is 112 Å². The summed E-state index contributed by atoms with van der Waals surface area (Å²) in [6.07, 6.45) is 0.918. The van der Waals surface area contributed by atoms with E-state index in [0.29, 0.717) is 21.1 Å². The van der Waals surface area contributed by atoms with Crippen LogP contribution in [0.1, 0.15) is 31.4 Å². The largest absolute Gasteiger partial charge is 0.460 e. The van der Waals surface area contributed by atoms with Gasteiger partial charge in [-0.25, -0.2) is 0 Å². The van der Waals surface area contributed by atoms with Crippen molar-refractivity contribution >= 4 is 14.6 Å². The first-order chi connectivity index (χ1) is 8.52. The zero-order valence-electron chi connectivity index (χ0n) is 11.7. The van der Waals surface area contributed by atoms with Crippen LogP contribution < -0.4 is 0 Å². The molecule has 100 valence electrons. The minimum absolute atomic E-state index is 0.0508. The number of hydrogen-bond donors (Lipinski definition) is 0. The highest BCUT2D eigenvalue weighted by Crippen LogP contribution is 2.23. The summed E-state index contributed by atoms with van der Waals surface area (Å²) in [4.78, 5) is 11.9. The second-order valence-electron chi connectivity index (χ2n) is 5.06. The molecule has 0 amide bonds. The topological polar surface area (TPSA) is 26.3 Å². The quantitative estimate of drug-likeness (QED) is 0.579. The summed E-state index contributed by atoms with van der Waals surface area (Å²) in [5, 5.41) is 0. The van der Waals surface area contributed by atoms with Gasteiger partial charge in [0.05, 0.1) is 5.66 Å². The second kappa shape index (κ2) is 7.53. The third kappa shape index (κ3) is 5.18. The maximum atomic E-state index is 11.9. The third-order valence-corrected chi connectivity index (χ3v) is 4.01. The van der Waals surface area contributed by atoms with E-state index in [1.165, 1.54) is 5.56 Å². The van der Waals surface area contributed by atoms with Crippen LogP contribution in [0.2, 0.25) is 0 Å². The van der Waals surface area contributed by atoms with E-state index in [9.17, 15) is 4.79 Å². The molecule has 0 saturated heterocycles. The van der Waals surface area contributed by atoms with E-state index in [2.05, 4.69) is 20.5 Å². The second-order valence-corrected chi connectivity index (χ2v) is 6.34. The fraction of sp³-hybridized carbons (Fsp3) is 0.533. The van der Waals surface area contributed by atoms with Crippen LogP contribution in [0.25, 0.3) is 0 Å². The molecule has 0 aliphatic rings. The van der Waals surface area contributed by atoms with E-state index in [0.717, 1.165) is 12.0 Å². The highest BCUT2D eigenvalue weighted by atomic mass is 31.1. The van der Waals surface area contributed by atoms with E-state index in [1.807, 2.05) is 31.2 Å². The standard InChI is InChI=1S/C15H23O2P/c1-11(2)9-14(18-4)15(16)17-10-13-7-5-12(3)6-8-13/h5-8,11,14,18H,9-10H2,1-4H3. The van der Waals surface area contributed by atoms with Crippen molar-refractivity contribution in [3.8, 4) is 0 Å². The molecule has 2 nitrogen and oxygen atoms in total. The van der Waals surface area contributed by atoms with Crippen LogP contribution in [0.15, 0.2) is 24.3 Å². The predicted molar refractivity (Wildman–Crippen MR) is 78.5 cm³/mol. The van der Waals surface area contributed by atoms with Crippen LogP contribution in [-0.2, 0) is 16.1 Å². The number of rotatable bonds is 6. The number of aryl methyl sites for hydroxylation is 1. The van der Waals surface area contributed by atoms with Gasteiger partial charge in [0.2, 0.25) is 0 Å². The number of ether oxygens (including phenoxy) is 1. The molecule has 0 saturated carbocycles. The molecule has 0 aliphatic heterocycles. The highest BCUT2D eigenvalue weighted by molar-refractivity contribution is 7.39. The maximum absolute atomic E-state index is 11.9. The van der Waals surface area contributed by atoms with Crippen LogP contribution in [-0.4, -0.2) is 18.3 Å². The molecule has 18 heavy (non-hydrogen) atoms. The molecule has 2 unspecified atom stereocenters. The minimum atomic E-state index is -0.0508. The molecule has 0 fully saturated rings. The number of carbonyl (C=O) groups excluding carboxylic acids is 1. The van der Waals surface area contributed by atoms with Gasteiger partial charge >= 0.3 is 5.97 Å². The van der Waals surface area contributed by atoms with Gasteiger partial charge in [0.1, 0.15) is 6.61 Å². The lowest BCUT2D eigenvalue weighted by atomic mass is 10.1. The Balaban J connectivity index is 2.46. The summed E-state index contributed by atoms with van der Waals surface area (Å²) in [5.74, 6) is 0.486. The molecule has 0 spiro atoms. The Morgan fingerprint density at radius 3 is 2.39 bits per heavy atom. The van der Waals surface area contributed by atoms with Crippen LogP contribution in [0.3, 0.4) is 0 Å². The Morgan fingerprint density at radius 1 is 1.28 bits per heavy atom. The van der Waals surface area contributed by atoms with Gasteiger partial charge in [0.15, 0.2) is 0 Å². The van der Waals surface area contributed by atoms with Gasteiger partial charge < -0.3 is 4.74 Å². The van der Waals surface area contributed by atoms with E-state index >= 15 is 0 Å². The average molecular weight is 266 g/mol. The van der Waals surface area contributed by atoms with Crippen LogP contribution in [0.5, 0.6) is 0 Å². The SMILES string of the molecule is CPC(CC(C)C)C(=O)OCc1ccc(C)cc1. The highest BCUT2D eigenvalue weighted by Gasteiger charge is 2.19. The summed E-state index contributed by atoms with van der Waals surface area (Å²) >= 11 is 0. The van der Waals surface area contributed by atoms with Crippen molar-refractivity contribution in [2.75, 3.05) is 6.66 Å². The third-order valence-electron chi connectivity index (χ3n) is 2.84. The van der Waals surface area contributed by atoms with E-state index in [4.69, 9.17) is 4.74 Å². The van der Waals surface area contributed by atoms with Crippen LogP contribution in [0, 0.1) is 12.8 Å². The summed E-state index contributed by atoms with van der Waals surface area (Å²) < 4.78 is 5.39. The number of carbonyl (C=O) groups is 1. The molecule has 0 heterocycles. The maximum Gasteiger partial charge on any atom is 0.313 e.